The number of furan rings is 1. The van der Waals surface area contributed by atoms with Gasteiger partial charge in [-0.2, -0.15) is 0 Å². The van der Waals surface area contributed by atoms with Gasteiger partial charge in [-0.3, -0.25) is 0 Å². The summed E-state index contributed by atoms with van der Waals surface area (Å²) in [4.78, 5) is 8.39. The quantitative estimate of drug-likeness (QED) is 0.556. The second kappa shape index (κ2) is 5.57. The summed E-state index contributed by atoms with van der Waals surface area (Å²) in [6.45, 7) is 0. The Morgan fingerprint density at radius 3 is 2.43 bits per heavy atom. The minimum Gasteiger partial charge on any atom is -0.497 e. The highest BCUT2D eigenvalue weighted by Gasteiger charge is 2.18. The average Bonchev–Trinajstić information content (AvgIpc) is 3.02. The molecular formula is C19H14N2O2. The van der Waals surface area contributed by atoms with Crippen LogP contribution in [0.2, 0.25) is 0 Å². The van der Waals surface area contributed by atoms with Crippen LogP contribution in [0.5, 0.6) is 5.75 Å². The van der Waals surface area contributed by atoms with Gasteiger partial charge in [0, 0.05) is 17.3 Å². The van der Waals surface area contributed by atoms with E-state index in [1.165, 1.54) is 6.33 Å². The normalized spacial score (nSPS) is 10.8. The summed E-state index contributed by atoms with van der Waals surface area (Å²) in [6, 6.07) is 17.9. The summed E-state index contributed by atoms with van der Waals surface area (Å²) in [7, 11) is 1.66. The van der Waals surface area contributed by atoms with Gasteiger partial charge in [-0.15, -0.1) is 0 Å². The highest BCUT2D eigenvalue weighted by Crippen LogP contribution is 2.40. The van der Waals surface area contributed by atoms with E-state index in [-0.39, 0.29) is 0 Å². The third kappa shape index (κ3) is 2.34. The topological polar surface area (TPSA) is 48.2 Å². The van der Waals surface area contributed by atoms with Crippen LogP contribution in [0, 0.1) is 0 Å². The van der Waals surface area contributed by atoms with Crippen LogP contribution in [0.15, 0.2) is 71.5 Å². The molecule has 0 aliphatic carbocycles. The highest BCUT2D eigenvalue weighted by molar-refractivity contribution is 5.99. The third-order valence-electron chi connectivity index (χ3n) is 3.79. The van der Waals surface area contributed by atoms with Crippen LogP contribution >= 0.6 is 0 Å². The van der Waals surface area contributed by atoms with Crippen molar-refractivity contribution in [2.45, 2.75) is 0 Å². The highest BCUT2D eigenvalue weighted by atomic mass is 16.5. The fourth-order valence-electron chi connectivity index (χ4n) is 2.68. The summed E-state index contributed by atoms with van der Waals surface area (Å²) in [5, 5.41) is 0.900. The van der Waals surface area contributed by atoms with Gasteiger partial charge in [0.25, 0.3) is 0 Å². The Kier molecular flexibility index (Phi) is 3.27. The standard InChI is InChI=1S/C19H14N2O2/c1-22-15-9-7-13(8-10-15)17-16-11-20-12-21-19(16)23-18(17)14-5-3-2-4-6-14/h2-12H,1H3. The van der Waals surface area contributed by atoms with E-state index < -0.39 is 0 Å². The number of rotatable bonds is 3. The molecule has 0 saturated carbocycles. The molecule has 0 fully saturated rings. The number of hydrogen-bond acceptors (Lipinski definition) is 4. The van der Waals surface area contributed by atoms with Crippen molar-refractivity contribution in [3.63, 3.8) is 0 Å². The maximum atomic E-state index is 6.01. The Bertz CT molecular complexity index is 944. The molecule has 4 heteroatoms. The average molecular weight is 302 g/mol. The summed E-state index contributed by atoms with van der Waals surface area (Å²) in [5.74, 6) is 1.62. The van der Waals surface area contributed by atoms with Crippen molar-refractivity contribution >= 4 is 11.1 Å². The summed E-state index contributed by atoms with van der Waals surface area (Å²) in [6.07, 6.45) is 3.29. The number of fused-ring (bicyclic) bond motifs is 1. The molecular weight excluding hydrogens is 288 g/mol. The van der Waals surface area contributed by atoms with E-state index in [1.54, 1.807) is 13.3 Å². The number of benzene rings is 2. The largest absolute Gasteiger partial charge is 0.497 e. The molecule has 4 aromatic rings. The second-order valence-corrected chi connectivity index (χ2v) is 5.14. The molecule has 0 atom stereocenters. The van der Waals surface area contributed by atoms with E-state index in [9.17, 15) is 0 Å². The second-order valence-electron chi connectivity index (χ2n) is 5.14. The van der Waals surface area contributed by atoms with Crippen LogP contribution in [-0.2, 0) is 0 Å². The van der Waals surface area contributed by atoms with Gasteiger partial charge >= 0.3 is 0 Å². The first-order valence-electron chi connectivity index (χ1n) is 7.29. The zero-order chi connectivity index (χ0) is 15.6. The molecule has 0 saturated heterocycles. The van der Waals surface area contributed by atoms with E-state index >= 15 is 0 Å². The van der Waals surface area contributed by atoms with E-state index in [0.29, 0.717) is 5.71 Å². The van der Waals surface area contributed by atoms with Crippen molar-refractivity contribution in [3.8, 4) is 28.2 Å². The zero-order valence-electron chi connectivity index (χ0n) is 12.6. The molecule has 112 valence electrons. The molecule has 0 amide bonds. The van der Waals surface area contributed by atoms with Crippen LogP contribution in [0.4, 0.5) is 0 Å². The third-order valence-corrected chi connectivity index (χ3v) is 3.79. The lowest BCUT2D eigenvalue weighted by Crippen LogP contribution is -1.84. The number of aromatic nitrogens is 2. The van der Waals surface area contributed by atoms with Crippen molar-refractivity contribution < 1.29 is 9.15 Å². The number of methoxy groups -OCH3 is 1. The molecule has 23 heavy (non-hydrogen) atoms. The fourth-order valence-corrected chi connectivity index (χ4v) is 2.68. The molecule has 0 unspecified atom stereocenters. The minimum atomic E-state index is 0.588. The maximum absolute atomic E-state index is 6.01. The molecule has 2 heterocycles. The molecule has 2 aromatic heterocycles. The predicted octanol–water partition coefficient (Wildman–Crippen LogP) is 4.57. The Morgan fingerprint density at radius 1 is 0.913 bits per heavy atom. The van der Waals surface area contributed by atoms with Gasteiger partial charge in [-0.05, 0) is 17.7 Å². The predicted molar refractivity (Wildman–Crippen MR) is 89.2 cm³/mol. The first-order chi connectivity index (χ1) is 11.4. The fraction of sp³-hybridized carbons (Fsp3) is 0.0526. The number of ether oxygens (including phenoxy) is 1. The summed E-state index contributed by atoms with van der Waals surface area (Å²) in [5.41, 5.74) is 3.63. The van der Waals surface area contributed by atoms with E-state index in [2.05, 4.69) is 9.97 Å². The summed E-state index contributed by atoms with van der Waals surface area (Å²) >= 11 is 0. The van der Waals surface area contributed by atoms with E-state index in [0.717, 1.165) is 33.6 Å². The Morgan fingerprint density at radius 2 is 1.70 bits per heavy atom. The Labute approximate surface area is 133 Å². The van der Waals surface area contributed by atoms with Gasteiger partial charge in [0.2, 0.25) is 5.71 Å². The minimum absolute atomic E-state index is 0.588. The lowest BCUT2D eigenvalue weighted by atomic mass is 10.00. The van der Waals surface area contributed by atoms with Crippen LogP contribution in [0.3, 0.4) is 0 Å². The molecule has 0 bridgehead atoms. The summed E-state index contributed by atoms with van der Waals surface area (Å²) < 4.78 is 11.3. The molecule has 4 nitrogen and oxygen atoms in total. The number of nitrogens with zero attached hydrogens (tertiary/aromatic N) is 2. The van der Waals surface area contributed by atoms with Gasteiger partial charge in [-0.25, -0.2) is 9.97 Å². The SMILES string of the molecule is COc1ccc(-c2c(-c3ccccc3)oc3ncncc23)cc1. The number of hydrogen-bond donors (Lipinski definition) is 0. The molecule has 4 rings (SSSR count). The van der Waals surface area contributed by atoms with Gasteiger partial charge in [0.15, 0.2) is 0 Å². The van der Waals surface area contributed by atoms with Crippen LogP contribution in [0.1, 0.15) is 0 Å². The van der Waals surface area contributed by atoms with Gasteiger partial charge < -0.3 is 9.15 Å². The molecule has 0 N–H and O–H groups in total. The Hall–Kier alpha value is -3.14. The van der Waals surface area contributed by atoms with Crippen molar-refractivity contribution in [1.82, 2.24) is 9.97 Å². The molecule has 0 aliphatic heterocycles. The lowest BCUT2D eigenvalue weighted by molar-refractivity contribution is 0.415. The first kappa shape index (κ1) is 13.5. The smallest absolute Gasteiger partial charge is 0.230 e. The maximum Gasteiger partial charge on any atom is 0.230 e. The molecule has 0 aliphatic rings. The van der Waals surface area contributed by atoms with Crippen molar-refractivity contribution in [2.75, 3.05) is 7.11 Å². The molecule has 0 radical (unpaired) electrons. The molecule has 0 spiro atoms. The lowest BCUT2D eigenvalue weighted by Gasteiger charge is -2.05. The van der Waals surface area contributed by atoms with Gasteiger partial charge in [0.05, 0.1) is 12.5 Å². The van der Waals surface area contributed by atoms with Crippen LogP contribution in [-0.4, -0.2) is 17.1 Å². The van der Waals surface area contributed by atoms with E-state index in [1.807, 2.05) is 54.6 Å². The van der Waals surface area contributed by atoms with Crippen molar-refractivity contribution in [2.24, 2.45) is 0 Å². The van der Waals surface area contributed by atoms with Crippen LogP contribution < -0.4 is 4.74 Å². The first-order valence-corrected chi connectivity index (χ1v) is 7.29. The van der Waals surface area contributed by atoms with Gasteiger partial charge in [0.1, 0.15) is 17.8 Å². The van der Waals surface area contributed by atoms with Crippen molar-refractivity contribution in [1.29, 1.82) is 0 Å². The monoisotopic (exact) mass is 302 g/mol. The molecule has 2 aromatic carbocycles. The van der Waals surface area contributed by atoms with Gasteiger partial charge in [-0.1, -0.05) is 42.5 Å². The van der Waals surface area contributed by atoms with Crippen LogP contribution in [0.25, 0.3) is 33.6 Å². The zero-order valence-corrected chi connectivity index (χ0v) is 12.6. The van der Waals surface area contributed by atoms with E-state index in [4.69, 9.17) is 9.15 Å². The Balaban J connectivity index is 1.99. The van der Waals surface area contributed by atoms with Crippen molar-refractivity contribution in [3.05, 3.63) is 67.1 Å².